The van der Waals surface area contributed by atoms with Crippen LogP contribution in [-0.2, 0) is 4.74 Å². The fourth-order valence-electron chi connectivity index (χ4n) is 2.32. The molecular weight excluding hydrogens is 279 g/mol. The predicted molar refractivity (Wildman–Crippen MR) is 73.6 cm³/mol. The van der Waals surface area contributed by atoms with E-state index in [1.807, 2.05) is 20.8 Å². The Morgan fingerprint density at radius 2 is 2.19 bits per heavy atom. The standard InChI is InChI=1S/C14H17FN2O4/c1-9-7-16(14(2,3)8-21-9)13(18)11-5-4-10(15)6-12(11)17(19)20/h4-6,9H,7-8H2,1-3H3/t9-/m0/s1. The highest BCUT2D eigenvalue weighted by atomic mass is 19.1. The molecule has 114 valence electrons. The van der Waals surface area contributed by atoms with Crippen molar-refractivity contribution in [3.63, 3.8) is 0 Å². The van der Waals surface area contributed by atoms with Gasteiger partial charge in [-0.2, -0.15) is 0 Å². The third-order valence-corrected chi connectivity index (χ3v) is 3.52. The number of nitro groups is 1. The molecule has 1 saturated heterocycles. The first kappa shape index (κ1) is 15.4. The minimum Gasteiger partial charge on any atom is -0.374 e. The summed E-state index contributed by atoms with van der Waals surface area (Å²) >= 11 is 0. The van der Waals surface area contributed by atoms with E-state index in [9.17, 15) is 19.3 Å². The van der Waals surface area contributed by atoms with Gasteiger partial charge in [0.1, 0.15) is 11.4 Å². The number of benzene rings is 1. The maximum atomic E-state index is 13.2. The van der Waals surface area contributed by atoms with Crippen LogP contribution in [0.3, 0.4) is 0 Å². The molecule has 1 aromatic carbocycles. The van der Waals surface area contributed by atoms with Crippen LogP contribution in [0.1, 0.15) is 31.1 Å². The number of hydrogen-bond donors (Lipinski definition) is 0. The lowest BCUT2D eigenvalue weighted by Crippen LogP contribution is -2.57. The van der Waals surface area contributed by atoms with E-state index in [0.717, 1.165) is 18.2 Å². The van der Waals surface area contributed by atoms with Gasteiger partial charge in [0.15, 0.2) is 0 Å². The lowest BCUT2D eigenvalue weighted by Gasteiger charge is -2.44. The molecule has 0 aliphatic carbocycles. The number of ether oxygens (including phenoxy) is 1. The molecular formula is C14H17FN2O4. The highest BCUT2D eigenvalue weighted by Crippen LogP contribution is 2.28. The minimum atomic E-state index is -0.743. The second kappa shape index (κ2) is 5.40. The van der Waals surface area contributed by atoms with E-state index >= 15 is 0 Å². The smallest absolute Gasteiger partial charge is 0.285 e. The second-order valence-corrected chi connectivity index (χ2v) is 5.77. The van der Waals surface area contributed by atoms with Crippen molar-refractivity contribution in [1.29, 1.82) is 0 Å². The first-order chi connectivity index (χ1) is 9.72. The normalized spacial score (nSPS) is 21.1. The summed E-state index contributed by atoms with van der Waals surface area (Å²) in [6, 6.07) is 2.98. The lowest BCUT2D eigenvalue weighted by molar-refractivity contribution is -0.385. The number of hydrogen-bond acceptors (Lipinski definition) is 4. The van der Waals surface area contributed by atoms with Gasteiger partial charge in [-0.3, -0.25) is 14.9 Å². The summed E-state index contributed by atoms with van der Waals surface area (Å²) in [5.74, 6) is -1.23. The van der Waals surface area contributed by atoms with Crippen molar-refractivity contribution in [2.24, 2.45) is 0 Å². The first-order valence-corrected chi connectivity index (χ1v) is 6.60. The molecule has 0 radical (unpaired) electrons. The molecule has 1 amide bonds. The van der Waals surface area contributed by atoms with Crippen molar-refractivity contribution in [2.45, 2.75) is 32.4 Å². The van der Waals surface area contributed by atoms with Crippen LogP contribution in [0.4, 0.5) is 10.1 Å². The Hall–Kier alpha value is -2.02. The Labute approximate surface area is 121 Å². The van der Waals surface area contributed by atoms with Crippen molar-refractivity contribution in [3.8, 4) is 0 Å². The summed E-state index contributed by atoms with van der Waals surface area (Å²) in [5.41, 5.74) is -1.20. The van der Waals surface area contributed by atoms with Gasteiger partial charge in [-0.1, -0.05) is 0 Å². The van der Waals surface area contributed by atoms with Gasteiger partial charge in [0.25, 0.3) is 11.6 Å². The van der Waals surface area contributed by atoms with Crippen molar-refractivity contribution < 1.29 is 18.8 Å². The zero-order valence-corrected chi connectivity index (χ0v) is 12.1. The number of rotatable bonds is 2. The number of halogens is 1. The molecule has 0 saturated carbocycles. The number of nitro benzene ring substituents is 1. The van der Waals surface area contributed by atoms with E-state index in [1.54, 1.807) is 4.90 Å². The van der Waals surface area contributed by atoms with Gasteiger partial charge in [-0.25, -0.2) is 4.39 Å². The maximum absolute atomic E-state index is 13.2. The van der Waals surface area contributed by atoms with Crippen LogP contribution in [0.2, 0.25) is 0 Å². The number of nitrogens with zero attached hydrogens (tertiary/aromatic N) is 2. The average Bonchev–Trinajstić information content (AvgIpc) is 2.40. The highest BCUT2D eigenvalue weighted by molar-refractivity contribution is 5.98. The molecule has 1 aliphatic heterocycles. The Kier molecular flexibility index (Phi) is 3.95. The Bertz CT molecular complexity index is 588. The number of carbonyl (C=O) groups excluding carboxylic acids is 1. The molecule has 0 unspecified atom stereocenters. The molecule has 0 spiro atoms. The SMILES string of the molecule is C[C@H]1CN(C(=O)c2ccc(F)cc2[N+](=O)[O-])C(C)(C)CO1. The van der Waals surface area contributed by atoms with Crippen LogP contribution in [0.25, 0.3) is 0 Å². The molecule has 0 N–H and O–H groups in total. The van der Waals surface area contributed by atoms with Gasteiger partial charge < -0.3 is 9.64 Å². The van der Waals surface area contributed by atoms with Crippen molar-refractivity contribution in [2.75, 3.05) is 13.2 Å². The van der Waals surface area contributed by atoms with Crippen LogP contribution in [0, 0.1) is 15.9 Å². The van der Waals surface area contributed by atoms with Gasteiger partial charge in [0, 0.05) is 6.54 Å². The van der Waals surface area contributed by atoms with Gasteiger partial charge in [-0.15, -0.1) is 0 Å². The third kappa shape index (κ3) is 3.02. The fourth-order valence-corrected chi connectivity index (χ4v) is 2.32. The molecule has 21 heavy (non-hydrogen) atoms. The molecule has 2 rings (SSSR count). The molecule has 1 heterocycles. The number of morpholine rings is 1. The molecule has 1 atom stereocenters. The molecule has 0 bridgehead atoms. The van der Waals surface area contributed by atoms with Crippen LogP contribution in [0.5, 0.6) is 0 Å². The van der Waals surface area contributed by atoms with Crippen LogP contribution >= 0.6 is 0 Å². The van der Waals surface area contributed by atoms with Gasteiger partial charge in [-0.05, 0) is 32.9 Å². The third-order valence-electron chi connectivity index (χ3n) is 3.52. The topological polar surface area (TPSA) is 72.7 Å². The predicted octanol–water partition coefficient (Wildman–Crippen LogP) is 2.37. The van der Waals surface area contributed by atoms with Crippen LogP contribution in [-0.4, -0.2) is 40.5 Å². The van der Waals surface area contributed by atoms with Crippen molar-refractivity contribution in [3.05, 3.63) is 39.7 Å². The monoisotopic (exact) mass is 296 g/mol. The molecule has 1 fully saturated rings. The Morgan fingerprint density at radius 1 is 1.52 bits per heavy atom. The molecule has 0 aromatic heterocycles. The van der Waals surface area contributed by atoms with E-state index in [2.05, 4.69) is 0 Å². The van der Waals surface area contributed by atoms with Gasteiger partial charge >= 0.3 is 0 Å². The molecule has 6 nitrogen and oxygen atoms in total. The quantitative estimate of drug-likeness (QED) is 0.620. The minimum absolute atomic E-state index is 0.108. The zero-order valence-electron chi connectivity index (χ0n) is 12.1. The highest BCUT2D eigenvalue weighted by Gasteiger charge is 2.39. The van der Waals surface area contributed by atoms with Crippen LogP contribution < -0.4 is 0 Å². The number of amides is 1. The maximum Gasteiger partial charge on any atom is 0.285 e. The van der Waals surface area contributed by atoms with Gasteiger partial charge in [0.05, 0.1) is 29.2 Å². The molecule has 1 aromatic rings. The van der Waals surface area contributed by atoms with E-state index < -0.39 is 27.9 Å². The van der Waals surface area contributed by atoms with Crippen LogP contribution in [0.15, 0.2) is 18.2 Å². The van der Waals surface area contributed by atoms with E-state index in [4.69, 9.17) is 4.74 Å². The molecule has 1 aliphatic rings. The summed E-state index contributed by atoms with van der Waals surface area (Å²) in [6.45, 7) is 6.15. The number of carbonyl (C=O) groups is 1. The van der Waals surface area contributed by atoms with E-state index in [0.29, 0.717) is 13.2 Å². The van der Waals surface area contributed by atoms with Gasteiger partial charge in [0.2, 0.25) is 0 Å². The summed E-state index contributed by atoms with van der Waals surface area (Å²) in [4.78, 5) is 24.5. The first-order valence-electron chi connectivity index (χ1n) is 6.60. The van der Waals surface area contributed by atoms with E-state index in [1.165, 1.54) is 0 Å². The second-order valence-electron chi connectivity index (χ2n) is 5.77. The zero-order chi connectivity index (χ0) is 15.8. The van der Waals surface area contributed by atoms with E-state index in [-0.39, 0.29) is 11.7 Å². The summed E-state index contributed by atoms with van der Waals surface area (Å²) in [7, 11) is 0. The average molecular weight is 296 g/mol. The summed E-state index contributed by atoms with van der Waals surface area (Å²) in [5, 5.41) is 11.0. The largest absolute Gasteiger partial charge is 0.374 e. The molecule has 7 heteroatoms. The fraction of sp³-hybridized carbons (Fsp3) is 0.500. The Morgan fingerprint density at radius 3 is 2.81 bits per heavy atom. The lowest BCUT2D eigenvalue weighted by atomic mass is 9.99. The van der Waals surface area contributed by atoms with Crippen molar-refractivity contribution in [1.82, 2.24) is 4.90 Å². The summed E-state index contributed by atoms with van der Waals surface area (Å²) < 4.78 is 18.7. The Balaban J connectivity index is 2.41. The summed E-state index contributed by atoms with van der Waals surface area (Å²) in [6.07, 6.45) is -0.151. The van der Waals surface area contributed by atoms with Crippen molar-refractivity contribution >= 4 is 11.6 Å².